The van der Waals surface area contributed by atoms with E-state index < -0.39 is 0 Å². The molecule has 0 amide bonds. The number of hydrogen-bond donors (Lipinski definition) is 2. The Balaban J connectivity index is 1.82. The first-order valence-corrected chi connectivity index (χ1v) is 8.96. The quantitative estimate of drug-likeness (QED) is 0.319. The summed E-state index contributed by atoms with van der Waals surface area (Å²) in [4.78, 5) is 5.53. The number of thiazole rings is 1. The van der Waals surface area contributed by atoms with Crippen LogP contribution in [0.3, 0.4) is 0 Å². The lowest BCUT2D eigenvalue weighted by atomic mass is 10.2. The molecule has 0 radical (unpaired) electrons. The lowest BCUT2D eigenvalue weighted by Crippen LogP contribution is -2.24. The third-order valence-corrected chi connectivity index (χ3v) is 4.63. The van der Waals surface area contributed by atoms with Crippen molar-refractivity contribution < 1.29 is 0 Å². The maximum Gasteiger partial charge on any atom is 0.194 e. The fraction of sp³-hybridized carbons (Fsp3) is 0.0625. The minimum atomic E-state index is 0.0973. The summed E-state index contributed by atoms with van der Waals surface area (Å²) in [6.45, 7) is 1.96. The number of imidazole rings is 1. The summed E-state index contributed by atoms with van der Waals surface area (Å²) in [5, 5.41) is 14.8. The van der Waals surface area contributed by atoms with Crippen molar-refractivity contribution in [2.45, 2.75) is 6.92 Å². The average Bonchev–Trinajstić information content (AvgIpc) is 3.31. The molecule has 0 aliphatic rings. The topological polar surface area (TPSA) is 98.4 Å². The molecular formula is C16H14N8S2. The van der Waals surface area contributed by atoms with Crippen LogP contribution in [0.1, 0.15) is 11.4 Å². The van der Waals surface area contributed by atoms with Crippen molar-refractivity contribution in [3.05, 3.63) is 53.3 Å². The van der Waals surface area contributed by atoms with Crippen LogP contribution in [0.25, 0.3) is 22.0 Å². The highest BCUT2D eigenvalue weighted by atomic mass is 32.1. The molecule has 1 aromatic carbocycles. The SMILES string of the molecule is Cc1c(-c2nc3sccn3c2/C=N\NC(N)=S)nnn1-c1ccccc1. The predicted molar refractivity (Wildman–Crippen MR) is 106 cm³/mol. The maximum atomic E-state index is 5.43. The molecule has 0 atom stereocenters. The lowest BCUT2D eigenvalue weighted by molar-refractivity contribution is 0.785. The van der Waals surface area contributed by atoms with E-state index in [0.29, 0.717) is 11.4 Å². The zero-order valence-electron chi connectivity index (χ0n) is 13.7. The fourth-order valence-electron chi connectivity index (χ4n) is 2.62. The number of rotatable bonds is 4. The van der Waals surface area contributed by atoms with Gasteiger partial charge in [-0.2, -0.15) is 5.10 Å². The maximum absolute atomic E-state index is 5.43. The number of fused-ring (bicyclic) bond motifs is 1. The van der Waals surface area contributed by atoms with Crippen molar-refractivity contribution in [3.63, 3.8) is 0 Å². The number of nitrogens with one attached hydrogen (secondary N) is 1. The number of nitrogens with zero attached hydrogens (tertiary/aromatic N) is 6. The Morgan fingerprint density at radius 3 is 2.88 bits per heavy atom. The van der Waals surface area contributed by atoms with Crippen LogP contribution in [-0.4, -0.2) is 35.7 Å². The largest absolute Gasteiger partial charge is 0.375 e. The van der Waals surface area contributed by atoms with Gasteiger partial charge in [0.2, 0.25) is 0 Å². The Bertz CT molecular complexity index is 1110. The molecule has 4 rings (SSSR count). The van der Waals surface area contributed by atoms with Gasteiger partial charge in [0.1, 0.15) is 11.4 Å². The highest BCUT2D eigenvalue weighted by Gasteiger charge is 2.20. The Hall–Kier alpha value is -3.11. The van der Waals surface area contributed by atoms with E-state index in [-0.39, 0.29) is 5.11 Å². The van der Waals surface area contributed by atoms with Crippen LogP contribution in [0, 0.1) is 6.92 Å². The van der Waals surface area contributed by atoms with Gasteiger partial charge in [-0.15, -0.1) is 16.4 Å². The third kappa shape index (κ3) is 2.85. The van der Waals surface area contributed by atoms with Gasteiger partial charge >= 0.3 is 0 Å². The number of nitrogens with two attached hydrogens (primary N) is 1. The van der Waals surface area contributed by atoms with Crippen LogP contribution in [-0.2, 0) is 0 Å². The molecule has 26 heavy (non-hydrogen) atoms. The molecule has 0 spiro atoms. The summed E-state index contributed by atoms with van der Waals surface area (Å²) in [5.74, 6) is 0. The van der Waals surface area contributed by atoms with E-state index >= 15 is 0 Å². The molecule has 0 aliphatic carbocycles. The Morgan fingerprint density at radius 1 is 1.31 bits per heavy atom. The van der Waals surface area contributed by atoms with Gasteiger partial charge in [-0.05, 0) is 31.3 Å². The molecule has 3 heterocycles. The zero-order chi connectivity index (χ0) is 18.1. The lowest BCUT2D eigenvalue weighted by Gasteiger charge is -2.03. The monoisotopic (exact) mass is 382 g/mol. The molecule has 4 aromatic rings. The third-order valence-electron chi connectivity index (χ3n) is 3.78. The Morgan fingerprint density at radius 2 is 2.12 bits per heavy atom. The van der Waals surface area contributed by atoms with Crippen molar-refractivity contribution in [1.82, 2.24) is 29.8 Å². The van der Waals surface area contributed by atoms with Gasteiger partial charge in [-0.1, -0.05) is 23.4 Å². The van der Waals surface area contributed by atoms with E-state index in [1.807, 2.05) is 53.2 Å². The molecule has 0 saturated heterocycles. The number of thiocarbonyl (C=S) groups is 1. The molecule has 3 aromatic heterocycles. The van der Waals surface area contributed by atoms with Crippen LogP contribution < -0.4 is 11.2 Å². The van der Waals surface area contributed by atoms with Crippen LogP contribution in [0.2, 0.25) is 0 Å². The molecule has 10 heteroatoms. The molecule has 0 unspecified atom stereocenters. The minimum Gasteiger partial charge on any atom is -0.375 e. The van der Waals surface area contributed by atoms with E-state index in [0.717, 1.165) is 22.0 Å². The van der Waals surface area contributed by atoms with E-state index in [9.17, 15) is 0 Å². The van der Waals surface area contributed by atoms with Gasteiger partial charge in [-0.3, -0.25) is 9.83 Å². The van der Waals surface area contributed by atoms with Gasteiger partial charge in [0, 0.05) is 11.6 Å². The molecule has 0 fully saturated rings. The summed E-state index contributed by atoms with van der Waals surface area (Å²) < 4.78 is 3.72. The molecule has 0 bridgehead atoms. The Kier molecular flexibility index (Phi) is 4.19. The summed E-state index contributed by atoms with van der Waals surface area (Å²) in [7, 11) is 0. The summed E-state index contributed by atoms with van der Waals surface area (Å²) in [6, 6.07) is 9.84. The van der Waals surface area contributed by atoms with Crippen LogP contribution in [0.15, 0.2) is 47.0 Å². The standard InChI is InChI=1S/C16H14N8S2/c1-10-13(20-22-24(10)11-5-3-2-4-6-11)14-12(9-18-21-15(17)25)23-7-8-26-16(23)19-14/h2-9H,1H3,(H3,17,21,25)/b18-9-. The average molecular weight is 382 g/mol. The van der Waals surface area contributed by atoms with Crippen LogP contribution >= 0.6 is 23.6 Å². The molecule has 130 valence electrons. The van der Waals surface area contributed by atoms with Gasteiger partial charge in [0.05, 0.1) is 23.3 Å². The highest BCUT2D eigenvalue weighted by molar-refractivity contribution is 7.80. The second kappa shape index (κ2) is 6.65. The van der Waals surface area contributed by atoms with Crippen molar-refractivity contribution in [3.8, 4) is 17.1 Å². The molecule has 0 saturated carbocycles. The van der Waals surface area contributed by atoms with E-state index in [1.54, 1.807) is 10.9 Å². The normalized spacial score (nSPS) is 11.4. The number of para-hydroxylation sites is 1. The van der Waals surface area contributed by atoms with E-state index in [2.05, 4.69) is 20.8 Å². The van der Waals surface area contributed by atoms with Crippen molar-refractivity contribution in [2.75, 3.05) is 0 Å². The predicted octanol–water partition coefficient (Wildman–Crippen LogP) is 2.12. The zero-order valence-corrected chi connectivity index (χ0v) is 15.3. The first-order valence-electron chi connectivity index (χ1n) is 7.67. The van der Waals surface area contributed by atoms with Gasteiger partial charge in [0.15, 0.2) is 10.1 Å². The Labute approximate surface area is 158 Å². The molecule has 8 nitrogen and oxygen atoms in total. The van der Waals surface area contributed by atoms with Crippen molar-refractivity contribution in [2.24, 2.45) is 10.8 Å². The van der Waals surface area contributed by atoms with Gasteiger partial charge in [-0.25, -0.2) is 9.67 Å². The second-order valence-electron chi connectivity index (χ2n) is 5.41. The van der Waals surface area contributed by atoms with Crippen LogP contribution in [0.5, 0.6) is 0 Å². The summed E-state index contributed by atoms with van der Waals surface area (Å²) in [6.07, 6.45) is 3.55. The van der Waals surface area contributed by atoms with Crippen LogP contribution in [0.4, 0.5) is 0 Å². The summed E-state index contributed by atoms with van der Waals surface area (Å²) in [5.41, 5.74) is 12.0. The van der Waals surface area contributed by atoms with Gasteiger partial charge in [0.25, 0.3) is 0 Å². The van der Waals surface area contributed by atoms with E-state index in [4.69, 9.17) is 22.9 Å². The van der Waals surface area contributed by atoms with Gasteiger partial charge < -0.3 is 5.73 Å². The number of aromatic nitrogens is 5. The highest BCUT2D eigenvalue weighted by Crippen LogP contribution is 2.27. The van der Waals surface area contributed by atoms with E-state index in [1.165, 1.54) is 11.3 Å². The van der Waals surface area contributed by atoms with Crippen molar-refractivity contribution in [1.29, 1.82) is 0 Å². The first-order chi connectivity index (χ1) is 12.6. The molecule has 3 N–H and O–H groups in total. The molecule has 0 aliphatic heterocycles. The molecular weight excluding hydrogens is 368 g/mol. The van der Waals surface area contributed by atoms with Crippen molar-refractivity contribution >= 4 is 39.8 Å². The number of hydrogen-bond acceptors (Lipinski definition) is 6. The first kappa shape index (κ1) is 16.4. The number of benzene rings is 1. The second-order valence-corrected chi connectivity index (χ2v) is 6.72. The number of hydrazone groups is 1. The fourth-order valence-corrected chi connectivity index (χ4v) is 3.39. The minimum absolute atomic E-state index is 0.0973. The smallest absolute Gasteiger partial charge is 0.194 e. The summed E-state index contributed by atoms with van der Waals surface area (Å²) >= 11 is 6.31.